The lowest BCUT2D eigenvalue weighted by Crippen LogP contribution is -2.05. The second kappa shape index (κ2) is 12.7. The van der Waals surface area contributed by atoms with E-state index in [2.05, 4.69) is 99.9 Å². The van der Waals surface area contributed by atoms with Crippen LogP contribution >= 0.6 is 0 Å². The van der Waals surface area contributed by atoms with Crippen molar-refractivity contribution in [1.82, 2.24) is 9.13 Å². The molecule has 8 rings (SSSR count). The Morgan fingerprint density at radius 2 is 1.18 bits per heavy atom. The maximum atomic E-state index is 10.4. The Hall–Kier alpha value is -7.20. The summed E-state index contributed by atoms with van der Waals surface area (Å²) in [6, 6.07) is 49.5. The van der Waals surface area contributed by atoms with Crippen LogP contribution in [-0.2, 0) is 6.54 Å². The molecule has 0 aliphatic heterocycles. The van der Waals surface area contributed by atoms with Gasteiger partial charge in [-0.05, 0) is 91.3 Å². The maximum absolute atomic E-state index is 10.4. The quantitative estimate of drug-likeness (QED) is 0.167. The molecule has 0 spiro atoms. The molecular weight excluding hydrogens is 625 g/mol. The molecular formula is C45H30N6. The van der Waals surface area contributed by atoms with Crippen molar-refractivity contribution in [2.45, 2.75) is 20.4 Å². The first-order valence-electron chi connectivity index (χ1n) is 16.7. The van der Waals surface area contributed by atoms with Crippen LogP contribution in [0.25, 0.3) is 66.3 Å². The molecule has 2 heterocycles. The van der Waals surface area contributed by atoms with Crippen LogP contribution in [-0.4, -0.2) is 15.3 Å². The van der Waals surface area contributed by atoms with Gasteiger partial charge in [-0.3, -0.25) is 4.99 Å². The number of aromatic nitrogens is 2. The van der Waals surface area contributed by atoms with Crippen molar-refractivity contribution in [3.63, 3.8) is 0 Å². The van der Waals surface area contributed by atoms with E-state index in [0.717, 1.165) is 71.9 Å². The number of para-hydroxylation sites is 2. The highest BCUT2D eigenvalue weighted by Crippen LogP contribution is 2.39. The first-order chi connectivity index (χ1) is 25.1. The molecule has 0 aliphatic carbocycles. The van der Waals surface area contributed by atoms with Gasteiger partial charge in [0.1, 0.15) is 6.07 Å². The molecule has 0 bridgehead atoms. The van der Waals surface area contributed by atoms with E-state index in [1.54, 1.807) is 18.3 Å². The molecule has 2 aromatic heterocycles. The Morgan fingerprint density at radius 1 is 0.588 bits per heavy atom. The number of fused-ring (bicyclic) bond motifs is 4. The second-order valence-electron chi connectivity index (χ2n) is 12.4. The molecule has 51 heavy (non-hydrogen) atoms. The highest BCUT2D eigenvalue weighted by Gasteiger charge is 2.23. The molecule has 240 valence electrons. The van der Waals surface area contributed by atoms with E-state index < -0.39 is 0 Å². The van der Waals surface area contributed by atoms with E-state index >= 15 is 0 Å². The van der Waals surface area contributed by atoms with Crippen molar-refractivity contribution < 1.29 is 0 Å². The SMILES string of the molecule is CC=NCc1c(C)n(-c2c(C#N)ccc(C#N)c2-c2ccc(-c3ccc(-n4c5ccccc5c5cc(C#N)ccc54)cc3)cc2)c2ccccc12. The first kappa shape index (κ1) is 31.1. The molecule has 0 atom stereocenters. The lowest BCUT2D eigenvalue weighted by Gasteiger charge is -2.18. The molecule has 0 radical (unpaired) electrons. The number of rotatable bonds is 6. The number of nitrogens with zero attached hydrogens (tertiary/aromatic N) is 6. The van der Waals surface area contributed by atoms with Crippen molar-refractivity contribution >= 4 is 38.9 Å². The normalized spacial score (nSPS) is 11.3. The summed E-state index contributed by atoms with van der Waals surface area (Å²) in [5.41, 5.74) is 12.2. The van der Waals surface area contributed by atoms with E-state index in [9.17, 15) is 15.8 Å². The van der Waals surface area contributed by atoms with Crippen molar-refractivity contribution in [3.05, 3.63) is 155 Å². The third-order valence-corrected chi connectivity index (χ3v) is 9.75. The van der Waals surface area contributed by atoms with Crippen LogP contribution in [0.1, 0.15) is 34.9 Å². The van der Waals surface area contributed by atoms with Gasteiger partial charge in [0.05, 0.1) is 57.6 Å². The fourth-order valence-corrected chi connectivity index (χ4v) is 7.36. The summed E-state index contributed by atoms with van der Waals surface area (Å²) in [4.78, 5) is 4.54. The van der Waals surface area contributed by atoms with Gasteiger partial charge >= 0.3 is 0 Å². The third-order valence-electron chi connectivity index (χ3n) is 9.75. The van der Waals surface area contributed by atoms with Gasteiger partial charge in [-0.1, -0.05) is 72.8 Å². The summed E-state index contributed by atoms with van der Waals surface area (Å²) in [6.07, 6.45) is 1.81. The Labute approximate surface area is 295 Å². The summed E-state index contributed by atoms with van der Waals surface area (Å²) < 4.78 is 4.35. The van der Waals surface area contributed by atoms with Gasteiger partial charge in [-0.2, -0.15) is 15.8 Å². The average molecular weight is 655 g/mol. The highest BCUT2D eigenvalue weighted by molar-refractivity contribution is 6.09. The Morgan fingerprint density at radius 3 is 1.84 bits per heavy atom. The van der Waals surface area contributed by atoms with E-state index in [4.69, 9.17) is 0 Å². The van der Waals surface area contributed by atoms with E-state index in [1.165, 1.54) is 0 Å². The van der Waals surface area contributed by atoms with Gasteiger partial charge in [0.2, 0.25) is 0 Å². The minimum atomic E-state index is 0.493. The topological polar surface area (TPSA) is 93.6 Å². The second-order valence-corrected chi connectivity index (χ2v) is 12.4. The largest absolute Gasteiger partial charge is 0.312 e. The number of nitriles is 3. The minimum Gasteiger partial charge on any atom is -0.312 e. The number of hydrogen-bond donors (Lipinski definition) is 0. The number of benzene rings is 6. The Bertz CT molecular complexity index is 2810. The van der Waals surface area contributed by atoms with E-state index in [0.29, 0.717) is 28.9 Å². The summed E-state index contributed by atoms with van der Waals surface area (Å²) in [5, 5.41) is 33.4. The molecule has 0 aliphatic rings. The number of aliphatic imine (C=N–C) groups is 1. The zero-order valence-electron chi connectivity index (χ0n) is 28.1. The van der Waals surface area contributed by atoms with Crippen molar-refractivity contribution in [2.75, 3.05) is 0 Å². The predicted molar refractivity (Wildman–Crippen MR) is 205 cm³/mol. The third kappa shape index (κ3) is 5.05. The summed E-state index contributed by atoms with van der Waals surface area (Å²) in [7, 11) is 0. The monoisotopic (exact) mass is 654 g/mol. The highest BCUT2D eigenvalue weighted by atomic mass is 15.0. The smallest absolute Gasteiger partial charge is 0.101 e. The van der Waals surface area contributed by atoms with Crippen LogP contribution in [0, 0.1) is 40.9 Å². The molecule has 6 aromatic carbocycles. The average Bonchev–Trinajstić information content (AvgIpc) is 3.66. The standard InChI is InChI=1S/C45H30N6/c1-3-49-28-40-29(2)50(41-10-6-5-9-38(40)41)45-35(27-48)18-17-34(26-47)44(45)33-15-13-31(14-16-33)32-19-21-36(22-20-32)51-42-11-7-4-8-37(42)39-24-30(25-46)12-23-43(39)51/h3-24H,28H2,1-2H3. The summed E-state index contributed by atoms with van der Waals surface area (Å²) >= 11 is 0. The zero-order chi connectivity index (χ0) is 35.1. The molecule has 0 unspecified atom stereocenters. The zero-order valence-corrected chi connectivity index (χ0v) is 28.1. The van der Waals surface area contributed by atoms with Crippen molar-refractivity contribution in [2.24, 2.45) is 4.99 Å². The van der Waals surface area contributed by atoms with Crippen molar-refractivity contribution in [1.29, 1.82) is 15.8 Å². The summed E-state index contributed by atoms with van der Waals surface area (Å²) in [5.74, 6) is 0. The maximum Gasteiger partial charge on any atom is 0.101 e. The van der Waals surface area contributed by atoms with Gasteiger partial charge in [0, 0.05) is 38.7 Å². The first-order valence-corrected chi connectivity index (χ1v) is 16.7. The van der Waals surface area contributed by atoms with Crippen LogP contribution in [0.2, 0.25) is 0 Å². The van der Waals surface area contributed by atoms with Gasteiger partial charge in [0.25, 0.3) is 0 Å². The predicted octanol–water partition coefficient (Wildman–Crippen LogP) is 10.6. The van der Waals surface area contributed by atoms with Crippen LogP contribution < -0.4 is 0 Å². The minimum absolute atomic E-state index is 0.493. The van der Waals surface area contributed by atoms with Gasteiger partial charge in [0.15, 0.2) is 0 Å². The Kier molecular flexibility index (Phi) is 7.73. The van der Waals surface area contributed by atoms with E-state index in [-0.39, 0.29) is 0 Å². The molecule has 0 fully saturated rings. The fourth-order valence-electron chi connectivity index (χ4n) is 7.36. The van der Waals surface area contributed by atoms with Crippen LogP contribution in [0.4, 0.5) is 0 Å². The molecule has 6 nitrogen and oxygen atoms in total. The van der Waals surface area contributed by atoms with Crippen LogP contribution in [0.15, 0.2) is 132 Å². The van der Waals surface area contributed by atoms with Gasteiger partial charge < -0.3 is 9.13 Å². The van der Waals surface area contributed by atoms with Crippen LogP contribution in [0.5, 0.6) is 0 Å². The number of hydrogen-bond acceptors (Lipinski definition) is 4. The molecule has 0 amide bonds. The molecule has 6 heteroatoms. The Balaban J connectivity index is 1.22. The van der Waals surface area contributed by atoms with Crippen molar-refractivity contribution in [3.8, 4) is 51.8 Å². The molecule has 0 saturated carbocycles. The molecule has 8 aromatic rings. The van der Waals surface area contributed by atoms with E-state index in [1.807, 2.05) is 61.5 Å². The fraction of sp³-hybridized carbons (Fsp3) is 0.0667. The van der Waals surface area contributed by atoms with Gasteiger partial charge in [-0.15, -0.1) is 0 Å². The summed E-state index contributed by atoms with van der Waals surface area (Å²) in [6.45, 7) is 4.49. The van der Waals surface area contributed by atoms with Crippen LogP contribution in [0.3, 0.4) is 0 Å². The molecule has 0 N–H and O–H groups in total. The lowest BCUT2D eigenvalue weighted by atomic mass is 9.93. The molecule has 0 saturated heterocycles. The lowest BCUT2D eigenvalue weighted by molar-refractivity contribution is 0.989. The van der Waals surface area contributed by atoms with Gasteiger partial charge in [-0.25, -0.2) is 0 Å².